The van der Waals surface area contributed by atoms with E-state index in [9.17, 15) is 4.79 Å². The van der Waals surface area contributed by atoms with Crippen molar-refractivity contribution in [1.82, 2.24) is 5.43 Å². The molecule has 0 fully saturated rings. The second kappa shape index (κ2) is 9.93. The predicted molar refractivity (Wildman–Crippen MR) is 117 cm³/mol. The van der Waals surface area contributed by atoms with E-state index >= 15 is 0 Å². The van der Waals surface area contributed by atoms with Crippen LogP contribution in [-0.2, 0) is 4.79 Å². The van der Waals surface area contributed by atoms with Crippen LogP contribution in [0.4, 0.5) is 0 Å². The number of fused-ring (bicyclic) bond motifs is 1. The van der Waals surface area contributed by atoms with Crippen molar-refractivity contribution < 1.29 is 19.0 Å². The average Bonchev–Trinajstić information content (AvgIpc) is 2.73. The molecule has 0 saturated heterocycles. The van der Waals surface area contributed by atoms with Gasteiger partial charge in [-0.3, -0.25) is 4.79 Å². The normalized spacial score (nSPS) is 10.9. The molecule has 1 N–H and O–H groups in total. The molecule has 0 aromatic heterocycles. The Labute approximate surface area is 177 Å². The van der Waals surface area contributed by atoms with E-state index in [1.165, 1.54) is 6.21 Å². The topological polar surface area (TPSA) is 69.2 Å². The summed E-state index contributed by atoms with van der Waals surface area (Å²) in [5.74, 6) is 1.47. The number of hydrazone groups is 1. The fourth-order valence-corrected chi connectivity index (χ4v) is 3.29. The maximum Gasteiger partial charge on any atom is 0.277 e. The van der Waals surface area contributed by atoms with E-state index in [4.69, 9.17) is 14.2 Å². The summed E-state index contributed by atoms with van der Waals surface area (Å²) in [5.41, 5.74) is 3.20. The molecule has 0 aliphatic heterocycles. The van der Waals surface area contributed by atoms with Crippen molar-refractivity contribution in [2.75, 3.05) is 20.3 Å². The zero-order valence-electron chi connectivity index (χ0n) is 16.1. The molecule has 0 spiro atoms. The Morgan fingerprint density at radius 1 is 1.10 bits per heavy atom. The van der Waals surface area contributed by atoms with E-state index < -0.39 is 0 Å². The quantitative estimate of drug-likeness (QED) is 0.399. The summed E-state index contributed by atoms with van der Waals surface area (Å²) >= 11 is 3.45. The molecule has 0 radical (unpaired) electrons. The zero-order valence-corrected chi connectivity index (χ0v) is 17.7. The first-order chi connectivity index (χ1) is 14.1. The van der Waals surface area contributed by atoms with Crippen LogP contribution in [0.5, 0.6) is 17.2 Å². The number of methoxy groups -OCH3 is 1. The first-order valence-corrected chi connectivity index (χ1v) is 9.84. The molecule has 0 saturated carbocycles. The maximum atomic E-state index is 12.0. The van der Waals surface area contributed by atoms with Crippen molar-refractivity contribution in [2.24, 2.45) is 5.10 Å². The third-order valence-corrected chi connectivity index (χ3v) is 4.62. The van der Waals surface area contributed by atoms with Crippen LogP contribution in [0, 0.1) is 0 Å². The largest absolute Gasteiger partial charge is 0.493 e. The van der Waals surface area contributed by atoms with Crippen molar-refractivity contribution in [3.05, 3.63) is 64.6 Å². The second-order valence-corrected chi connectivity index (χ2v) is 6.91. The molecule has 6 nitrogen and oxygen atoms in total. The number of nitrogens with zero attached hydrogens (tertiary/aromatic N) is 1. The monoisotopic (exact) mass is 456 g/mol. The van der Waals surface area contributed by atoms with Gasteiger partial charge < -0.3 is 14.2 Å². The van der Waals surface area contributed by atoms with Gasteiger partial charge in [-0.05, 0) is 63.5 Å². The van der Waals surface area contributed by atoms with E-state index in [1.54, 1.807) is 13.2 Å². The van der Waals surface area contributed by atoms with Gasteiger partial charge in [0, 0.05) is 0 Å². The molecule has 3 rings (SSSR count). The Balaban J connectivity index is 1.57. The Hall–Kier alpha value is -3.06. The van der Waals surface area contributed by atoms with Crippen molar-refractivity contribution in [3.63, 3.8) is 0 Å². The Kier molecular flexibility index (Phi) is 7.08. The van der Waals surface area contributed by atoms with Crippen LogP contribution in [0.3, 0.4) is 0 Å². The first kappa shape index (κ1) is 20.7. The van der Waals surface area contributed by atoms with Gasteiger partial charge >= 0.3 is 0 Å². The van der Waals surface area contributed by atoms with Crippen LogP contribution >= 0.6 is 15.9 Å². The molecule has 3 aromatic carbocycles. The summed E-state index contributed by atoms with van der Waals surface area (Å²) in [5, 5.41) is 6.14. The van der Waals surface area contributed by atoms with Crippen LogP contribution in [0.1, 0.15) is 12.5 Å². The van der Waals surface area contributed by atoms with Crippen LogP contribution in [0.15, 0.2) is 64.2 Å². The van der Waals surface area contributed by atoms with Crippen LogP contribution < -0.4 is 19.6 Å². The Morgan fingerprint density at radius 2 is 1.90 bits per heavy atom. The number of carbonyl (C=O) groups is 1. The molecule has 0 aliphatic carbocycles. The van der Waals surface area contributed by atoms with E-state index in [-0.39, 0.29) is 12.5 Å². The molecule has 0 aliphatic rings. The average molecular weight is 457 g/mol. The second-order valence-electron chi connectivity index (χ2n) is 6.06. The van der Waals surface area contributed by atoms with Gasteiger partial charge in [0.05, 0.1) is 24.4 Å². The van der Waals surface area contributed by atoms with Crippen molar-refractivity contribution in [1.29, 1.82) is 0 Å². The zero-order chi connectivity index (χ0) is 20.6. The maximum absolute atomic E-state index is 12.0. The molecule has 1 amide bonds. The van der Waals surface area contributed by atoms with Crippen LogP contribution in [-0.4, -0.2) is 32.4 Å². The van der Waals surface area contributed by atoms with Gasteiger partial charge in [0.25, 0.3) is 5.91 Å². The van der Waals surface area contributed by atoms with Gasteiger partial charge in [0.1, 0.15) is 5.75 Å². The third-order valence-electron chi connectivity index (χ3n) is 4.03. The predicted octanol–water partition coefficient (Wildman–Crippen LogP) is 4.54. The summed E-state index contributed by atoms with van der Waals surface area (Å²) in [6.45, 7) is 2.29. The minimum absolute atomic E-state index is 0.133. The molecule has 3 aromatic rings. The summed E-state index contributed by atoms with van der Waals surface area (Å²) in [7, 11) is 1.57. The lowest BCUT2D eigenvalue weighted by Gasteiger charge is -2.12. The van der Waals surface area contributed by atoms with Gasteiger partial charge in [-0.2, -0.15) is 5.10 Å². The minimum Gasteiger partial charge on any atom is -0.493 e. The number of hydrogen-bond acceptors (Lipinski definition) is 5. The molecule has 7 heteroatoms. The van der Waals surface area contributed by atoms with Crippen LogP contribution in [0.2, 0.25) is 0 Å². The standard InChI is InChI=1S/C22H21BrN2O4/c1-3-28-22-19(23)10-15(11-20(22)27-2)13-24-25-21(26)14-29-18-9-8-16-6-4-5-7-17(16)12-18/h4-13H,3,14H2,1-2H3,(H,25,26)/b24-13+. The number of benzene rings is 3. The van der Waals surface area contributed by atoms with Crippen molar-refractivity contribution >= 4 is 38.8 Å². The molecular weight excluding hydrogens is 436 g/mol. The lowest BCUT2D eigenvalue weighted by atomic mass is 10.1. The molecule has 150 valence electrons. The van der Waals surface area contributed by atoms with Gasteiger partial charge in [0.2, 0.25) is 0 Å². The Bertz CT molecular complexity index is 1040. The minimum atomic E-state index is -0.355. The van der Waals surface area contributed by atoms with Gasteiger partial charge in [0.15, 0.2) is 18.1 Å². The van der Waals surface area contributed by atoms with Gasteiger partial charge in [-0.25, -0.2) is 5.43 Å². The highest BCUT2D eigenvalue weighted by Crippen LogP contribution is 2.36. The number of rotatable bonds is 8. The number of ether oxygens (including phenoxy) is 3. The number of carbonyl (C=O) groups excluding carboxylic acids is 1. The summed E-state index contributed by atoms with van der Waals surface area (Å²) < 4.78 is 17.2. The van der Waals surface area contributed by atoms with E-state index in [2.05, 4.69) is 26.5 Å². The summed E-state index contributed by atoms with van der Waals surface area (Å²) in [6, 6.07) is 17.3. The molecule has 0 bridgehead atoms. The lowest BCUT2D eigenvalue weighted by Crippen LogP contribution is -2.24. The fourth-order valence-electron chi connectivity index (χ4n) is 2.72. The first-order valence-electron chi connectivity index (χ1n) is 9.04. The molecule has 29 heavy (non-hydrogen) atoms. The van der Waals surface area contributed by atoms with Crippen molar-refractivity contribution in [3.8, 4) is 17.2 Å². The number of halogens is 1. The third kappa shape index (κ3) is 5.48. The van der Waals surface area contributed by atoms with Crippen LogP contribution in [0.25, 0.3) is 10.8 Å². The van der Waals surface area contributed by atoms with Gasteiger partial charge in [-0.1, -0.05) is 30.3 Å². The van der Waals surface area contributed by atoms with E-state index in [0.29, 0.717) is 23.9 Å². The summed E-state index contributed by atoms with van der Waals surface area (Å²) in [4.78, 5) is 12.0. The molecule has 0 atom stereocenters. The van der Waals surface area contributed by atoms with Crippen molar-refractivity contribution in [2.45, 2.75) is 6.92 Å². The van der Waals surface area contributed by atoms with E-state index in [1.807, 2.05) is 55.5 Å². The number of hydrogen-bond donors (Lipinski definition) is 1. The highest BCUT2D eigenvalue weighted by Gasteiger charge is 2.10. The number of amides is 1. The highest BCUT2D eigenvalue weighted by molar-refractivity contribution is 9.10. The fraction of sp³-hybridized carbons (Fsp3) is 0.182. The molecule has 0 heterocycles. The Morgan fingerprint density at radius 3 is 2.66 bits per heavy atom. The lowest BCUT2D eigenvalue weighted by molar-refractivity contribution is -0.123. The highest BCUT2D eigenvalue weighted by atomic mass is 79.9. The van der Waals surface area contributed by atoms with E-state index in [0.717, 1.165) is 20.8 Å². The molecule has 0 unspecified atom stereocenters. The smallest absolute Gasteiger partial charge is 0.277 e. The summed E-state index contributed by atoms with van der Waals surface area (Å²) in [6.07, 6.45) is 1.52. The van der Waals surface area contributed by atoms with Gasteiger partial charge in [-0.15, -0.1) is 0 Å². The SMILES string of the molecule is CCOc1c(Br)cc(/C=N/NC(=O)COc2ccc3ccccc3c2)cc1OC. The molecular formula is C22H21BrN2O4. The number of nitrogens with one attached hydrogen (secondary N) is 1.